The Kier molecular flexibility index (Phi) is 4.14. The summed E-state index contributed by atoms with van der Waals surface area (Å²) < 4.78 is 10.5. The van der Waals surface area contributed by atoms with Crippen LogP contribution in [0.4, 0.5) is 0 Å². The van der Waals surface area contributed by atoms with Crippen LogP contribution in [-0.2, 0) is 4.74 Å². The molecule has 0 atom stereocenters. The molecule has 2 aromatic rings. The minimum absolute atomic E-state index is 0.0228. The second-order valence-electron chi connectivity index (χ2n) is 4.78. The molecule has 0 spiro atoms. The standard InChI is InChI=1S/C15H16ClNO3/c1-8(2)20-13-7-12(15(18)19-4)17-14-9(3)5-10(16)6-11(13)14/h5-8H,1-4H3. The average molecular weight is 294 g/mol. The molecule has 0 saturated carbocycles. The van der Waals surface area contributed by atoms with Crippen LogP contribution in [0.5, 0.6) is 5.75 Å². The molecular weight excluding hydrogens is 278 g/mol. The highest BCUT2D eigenvalue weighted by molar-refractivity contribution is 6.31. The SMILES string of the molecule is COC(=O)c1cc(OC(C)C)c2cc(Cl)cc(C)c2n1. The number of methoxy groups -OCH3 is 1. The fraction of sp³-hybridized carbons (Fsp3) is 0.333. The van der Waals surface area contributed by atoms with Gasteiger partial charge in [0.1, 0.15) is 5.75 Å². The zero-order chi connectivity index (χ0) is 14.9. The number of halogens is 1. The predicted molar refractivity (Wildman–Crippen MR) is 78.6 cm³/mol. The summed E-state index contributed by atoms with van der Waals surface area (Å²) in [6, 6.07) is 5.18. The topological polar surface area (TPSA) is 48.4 Å². The van der Waals surface area contributed by atoms with Crippen LogP contribution in [0.3, 0.4) is 0 Å². The summed E-state index contributed by atoms with van der Waals surface area (Å²) in [5.74, 6) is 0.0888. The fourth-order valence-corrected chi connectivity index (χ4v) is 2.26. The Morgan fingerprint density at radius 3 is 2.60 bits per heavy atom. The van der Waals surface area contributed by atoms with Crippen LogP contribution < -0.4 is 4.74 Å². The molecule has 0 aliphatic rings. The summed E-state index contributed by atoms with van der Waals surface area (Å²) in [5, 5.41) is 1.40. The molecule has 20 heavy (non-hydrogen) atoms. The number of rotatable bonds is 3. The third-order valence-corrected chi connectivity index (χ3v) is 3.01. The molecule has 0 N–H and O–H groups in total. The van der Waals surface area contributed by atoms with Crippen molar-refractivity contribution in [2.24, 2.45) is 0 Å². The first-order valence-electron chi connectivity index (χ1n) is 6.28. The largest absolute Gasteiger partial charge is 0.490 e. The van der Waals surface area contributed by atoms with Gasteiger partial charge in [-0.05, 0) is 38.5 Å². The number of pyridine rings is 1. The van der Waals surface area contributed by atoms with Gasteiger partial charge in [-0.2, -0.15) is 0 Å². The van der Waals surface area contributed by atoms with Gasteiger partial charge in [-0.25, -0.2) is 9.78 Å². The normalized spacial score (nSPS) is 10.9. The Bertz CT molecular complexity index is 668. The van der Waals surface area contributed by atoms with E-state index in [1.807, 2.05) is 20.8 Å². The average Bonchev–Trinajstić information content (AvgIpc) is 2.37. The van der Waals surface area contributed by atoms with E-state index in [2.05, 4.69) is 4.98 Å². The van der Waals surface area contributed by atoms with Crippen molar-refractivity contribution in [3.63, 3.8) is 0 Å². The number of benzene rings is 1. The molecule has 0 saturated heterocycles. The monoisotopic (exact) mass is 293 g/mol. The van der Waals surface area contributed by atoms with Crippen LogP contribution in [-0.4, -0.2) is 24.2 Å². The lowest BCUT2D eigenvalue weighted by atomic mass is 10.1. The van der Waals surface area contributed by atoms with Gasteiger partial charge in [-0.15, -0.1) is 0 Å². The van der Waals surface area contributed by atoms with Crippen molar-refractivity contribution in [2.45, 2.75) is 26.9 Å². The van der Waals surface area contributed by atoms with Crippen LogP contribution in [0.1, 0.15) is 29.9 Å². The molecule has 1 aromatic heterocycles. The first-order valence-corrected chi connectivity index (χ1v) is 6.66. The van der Waals surface area contributed by atoms with Gasteiger partial charge in [0.15, 0.2) is 5.69 Å². The van der Waals surface area contributed by atoms with Gasteiger partial charge in [0.25, 0.3) is 0 Å². The summed E-state index contributed by atoms with van der Waals surface area (Å²) in [7, 11) is 1.33. The zero-order valence-electron chi connectivity index (χ0n) is 11.9. The predicted octanol–water partition coefficient (Wildman–Crippen LogP) is 3.77. The molecule has 106 valence electrons. The number of esters is 1. The van der Waals surface area contributed by atoms with Crippen molar-refractivity contribution in [2.75, 3.05) is 7.11 Å². The van der Waals surface area contributed by atoms with Crippen LogP contribution in [0.2, 0.25) is 5.02 Å². The van der Waals surface area contributed by atoms with Crippen molar-refractivity contribution < 1.29 is 14.3 Å². The van der Waals surface area contributed by atoms with E-state index >= 15 is 0 Å². The van der Waals surface area contributed by atoms with Crippen molar-refractivity contribution >= 4 is 28.5 Å². The summed E-state index contributed by atoms with van der Waals surface area (Å²) in [6.45, 7) is 5.73. The van der Waals surface area contributed by atoms with Crippen LogP contribution >= 0.6 is 11.6 Å². The Balaban J connectivity index is 2.74. The smallest absolute Gasteiger partial charge is 0.356 e. The number of fused-ring (bicyclic) bond motifs is 1. The Hall–Kier alpha value is -1.81. The maximum absolute atomic E-state index is 11.7. The molecule has 4 nitrogen and oxygen atoms in total. The first kappa shape index (κ1) is 14.6. The van der Waals surface area contributed by atoms with Crippen molar-refractivity contribution in [3.05, 3.63) is 34.5 Å². The molecule has 1 heterocycles. The van der Waals surface area contributed by atoms with Gasteiger partial charge in [0.2, 0.25) is 0 Å². The highest BCUT2D eigenvalue weighted by Gasteiger charge is 2.16. The molecule has 0 bridgehead atoms. The Labute approximate surface area is 122 Å². The number of carbonyl (C=O) groups is 1. The van der Waals surface area contributed by atoms with Crippen molar-refractivity contribution in [3.8, 4) is 5.75 Å². The second-order valence-corrected chi connectivity index (χ2v) is 5.22. The molecule has 0 fully saturated rings. The minimum Gasteiger partial charge on any atom is -0.490 e. The summed E-state index contributed by atoms with van der Waals surface area (Å²) in [6.07, 6.45) is -0.0228. The summed E-state index contributed by atoms with van der Waals surface area (Å²) in [5.41, 5.74) is 1.79. The number of nitrogens with zero attached hydrogens (tertiary/aromatic N) is 1. The Morgan fingerprint density at radius 1 is 1.30 bits per heavy atom. The van der Waals surface area contributed by atoms with Gasteiger partial charge in [0.05, 0.1) is 18.7 Å². The van der Waals surface area contributed by atoms with Crippen LogP contribution in [0, 0.1) is 6.92 Å². The van der Waals surface area contributed by atoms with Gasteiger partial charge < -0.3 is 9.47 Å². The molecule has 1 aromatic carbocycles. The van der Waals surface area contributed by atoms with E-state index in [4.69, 9.17) is 21.1 Å². The van der Waals surface area contributed by atoms with Crippen molar-refractivity contribution in [1.29, 1.82) is 0 Å². The number of aryl methyl sites for hydroxylation is 1. The van der Waals surface area contributed by atoms with Gasteiger partial charge in [0, 0.05) is 16.5 Å². The van der Waals surface area contributed by atoms with Crippen LogP contribution in [0.25, 0.3) is 10.9 Å². The van der Waals surface area contributed by atoms with E-state index < -0.39 is 5.97 Å². The quantitative estimate of drug-likeness (QED) is 0.808. The third-order valence-electron chi connectivity index (χ3n) is 2.79. The molecule has 0 unspecified atom stereocenters. The fourth-order valence-electron chi connectivity index (χ4n) is 1.99. The maximum Gasteiger partial charge on any atom is 0.356 e. The summed E-state index contributed by atoms with van der Waals surface area (Å²) >= 11 is 6.09. The van der Waals surface area contributed by atoms with E-state index in [0.29, 0.717) is 16.3 Å². The number of aromatic nitrogens is 1. The van der Waals surface area contributed by atoms with Gasteiger partial charge >= 0.3 is 5.97 Å². The van der Waals surface area contributed by atoms with Gasteiger partial charge in [-0.3, -0.25) is 0 Å². The first-order chi connectivity index (χ1) is 9.42. The lowest BCUT2D eigenvalue weighted by molar-refractivity contribution is 0.0593. The number of carbonyl (C=O) groups excluding carboxylic acids is 1. The molecular formula is C15H16ClNO3. The molecule has 2 rings (SSSR count). The lowest BCUT2D eigenvalue weighted by Crippen LogP contribution is -2.10. The van der Waals surface area contributed by atoms with Crippen LogP contribution in [0.15, 0.2) is 18.2 Å². The molecule has 0 aliphatic heterocycles. The highest BCUT2D eigenvalue weighted by atomic mass is 35.5. The molecule has 0 aliphatic carbocycles. The Morgan fingerprint density at radius 2 is 2.00 bits per heavy atom. The minimum atomic E-state index is -0.491. The summed E-state index contributed by atoms with van der Waals surface area (Å²) in [4.78, 5) is 16.0. The lowest BCUT2D eigenvalue weighted by Gasteiger charge is -2.14. The van der Waals surface area contributed by atoms with E-state index in [-0.39, 0.29) is 11.8 Å². The van der Waals surface area contributed by atoms with E-state index in [1.165, 1.54) is 7.11 Å². The molecule has 0 amide bonds. The third kappa shape index (κ3) is 2.85. The van der Waals surface area contributed by atoms with Gasteiger partial charge in [-0.1, -0.05) is 11.6 Å². The number of ether oxygens (including phenoxy) is 2. The molecule has 5 heteroatoms. The maximum atomic E-state index is 11.7. The number of hydrogen-bond acceptors (Lipinski definition) is 4. The second kappa shape index (κ2) is 5.67. The van der Waals surface area contributed by atoms with Crippen molar-refractivity contribution in [1.82, 2.24) is 4.98 Å². The van der Waals surface area contributed by atoms with E-state index in [0.717, 1.165) is 10.9 Å². The highest BCUT2D eigenvalue weighted by Crippen LogP contribution is 2.31. The zero-order valence-corrected chi connectivity index (χ0v) is 12.6. The molecule has 0 radical (unpaired) electrons. The van der Waals surface area contributed by atoms with E-state index in [9.17, 15) is 4.79 Å². The number of hydrogen-bond donors (Lipinski definition) is 0. The van der Waals surface area contributed by atoms with E-state index in [1.54, 1.807) is 18.2 Å².